The molecule has 0 aliphatic heterocycles. The summed E-state index contributed by atoms with van der Waals surface area (Å²) in [6.07, 6.45) is 0.735. The van der Waals surface area contributed by atoms with Gasteiger partial charge in [0.05, 0.1) is 5.52 Å². The molecular weight excluding hydrogens is 210 g/mol. The third kappa shape index (κ3) is 1.85. The predicted octanol–water partition coefficient (Wildman–Crippen LogP) is 2.19. The van der Waals surface area contributed by atoms with Gasteiger partial charge in [-0.1, -0.05) is 17.7 Å². The minimum absolute atomic E-state index is 0.0891. The summed E-state index contributed by atoms with van der Waals surface area (Å²) in [4.78, 5) is 4.34. The molecule has 4 heteroatoms. The van der Waals surface area contributed by atoms with E-state index in [0.29, 0.717) is 5.15 Å². The molecule has 0 bridgehead atoms. The van der Waals surface area contributed by atoms with Gasteiger partial charge in [-0.3, -0.25) is 4.40 Å². The van der Waals surface area contributed by atoms with Crippen LogP contribution < -0.4 is 5.73 Å². The number of nitrogens with zero attached hydrogens (tertiary/aromatic N) is 2. The molecule has 2 heterocycles. The topological polar surface area (TPSA) is 43.3 Å². The molecule has 2 aromatic heterocycles. The van der Waals surface area contributed by atoms with Gasteiger partial charge in [0.2, 0.25) is 0 Å². The fourth-order valence-electron chi connectivity index (χ4n) is 1.77. The molecule has 0 aromatic carbocycles. The van der Waals surface area contributed by atoms with Crippen LogP contribution in [0.1, 0.15) is 18.4 Å². The van der Waals surface area contributed by atoms with Crippen LogP contribution in [0.5, 0.6) is 0 Å². The van der Waals surface area contributed by atoms with E-state index in [2.05, 4.69) is 9.38 Å². The highest BCUT2D eigenvalue weighted by Gasteiger charge is 2.11. The molecule has 2 N–H and O–H groups in total. The molecule has 0 amide bonds. The zero-order chi connectivity index (χ0) is 11.0. The van der Waals surface area contributed by atoms with Crippen LogP contribution in [0.2, 0.25) is 5.15 Å². The fourth-order valence-corrected chi connectivity index (χ4v) is 2.01. The first kappa shape index (κ1) is 10.5. The Balaban J connectivity index is 2.65. The predicted molar refractivity (Wildman–Crippen MR) is 62.3 cm³/mol. The smallest absolute Gasteiger partial charge is 0.155 e. The van der Waals surface area contributed by atoms with Gasteiger partial charge in [-0.2, -0.15) is 0 Å². The lowest BCUT2D eigenvalue weighted by Crippen LogP contribution is -2.19. The van der Waals surface area contributed by atoms with E-state index in [0.717, 1.165) is 23.5 Å². The van der Waals surface area contributed by atoms with Crippen molar-refractivity contribution in [1.82, 2.24) is 9.38 Å². The molecule has 2 rings (SSSR count). The summed E-state index contributed by atoms with van der Waals surface area (Å²) in [5.74, 6) is 0.933. The van der Waals surface area contributed by atoms with Gasteiger partial charge >= 0.3 is 0 Å². The van der Waals surface area contributed by atoms with Gasteiger partial charge in [-0.05, 0) is 26.0 Å². The van der Waals surface area contributed by atoms with Crippen LogP contribution in [0.25, 0.3) is 5.52 Å². The third-order valence-electron chi connectivity index (χ3n) is 2.39. The van der Waals surface area contributed by atoms with Crippen LogP contribution >= 0.6 is 11.6 Å². The lowest BCUT2D eigenvalue weighted by Gasteiger charge is -2.06. The van der Waals surface area contributed by atoms with E-state index < -0.39 is 0 Å². The van der Waals surface area contributed by atoms with Crippen molar-refractivity contribution in [2.24, 2.45) is 5.73 Å². The first-order valence-electron chi connectivity index (χ1n) is 4.97. The standard InChI is InChI=1S/C11H14ClN3/c1-7(13)6-10-14-11(12)9-5-3-4-8(2)15(9)10/h3-5,7H,6,13H2,1-2H3. The lowest BCUT2D eigenvalue weighted by molar-refractivity contribution is 0.697. The molecule has 1 unspecified atom stereocenters. The summed E-state index contributed by atoms with van der Waals surface area (Å²) in [6, 6.07) is 6.07. The molecule has 2 aromatic rings. The van der Waals surface area contributed by atoms with Gasteiger partial charge in [0.15, 0.2) is 5.15 Å². The quantitative estimate of drug-likeness (QED) is 0.848. The molecule has 0 aliphatic rings. The molecule has 80 valence electrons. The molecule has 15 heavy (non-hydrogen) atoms. The van der Waals surface area contributed by atoms with Crippen molar-refractivity contribution in [3.05, 3.63) is 34.9 Å². The molecule has 3 nitrogen and oxygen atoms in total. The number of hydrogen-bond acceptors (Lipinski definition) is 2. The average Bonchev–Trinajstić information content (AvgIpc) is 2.44. The van der Waals surface area contributed by atoms with Crippen molar-refractivity contribution in [3.8, 4) is 0 Å². The Kier molecular flexibility index (Phi) is 2.67. The maximum Gasteiger partial charge on any atom is 0.155 e. The van der Waals surface area contributed by atoms with Gasteiger partial charge in [-0.25, -0.2) is 4.98 Å². The number of rotatable bonds is 2. The van der Waals surface area contributed by atoms with Crippen molar-refractivity contribution in [3.63, 3.8) is 0 Å². The van der Waals surface area contributed by atoms with E-state index in [-0.39, 0.29) is 6.04 Å². The Morgan fingerprint density at radius 3 is 2.93 bits per heavy atom. The van der Waals surface area contributed by atoms with Gasteiger partial charge in [0.1, 0.15) is 5.82 Å². The third-order valence-corrected chi connectivity index (χ3v) is 2.66. The average molecular weight is 224 g/mol. The highest BCUT2D eigenvalue weighted by molar-refractivity contribution is 6.32. The zero-order valence-corrected chi connectivity index (χ0v) is 9.62. The number of imidazole rings is 1. The number of hydrogen-bond donors (Lipinski definition) is 1. The van der Waals surface area contributed by atoms with E-state index in [1.807, 2.05) is 32.0 Å². The minimum atomic E-state index is 0.0891. The summed E-state index contributed by atoms with van der Waals surface area (Å²) in [5.41, 5.74) is 7.86. The molecule has 0 radical (unpaired) electrons. The van der Waals surface area contributed by atoms with E-state index >= 15 is 0 Å². The van der Waals surface area contributed by atoms with Crippen LogP contribution in [0.4, 0.5) is 0 Å². The number of halogens is 1. The molecule has 1 atom stereocenters. The van der Waals surface area contributed by atoms with Gasteiger partial charge in [0.25, 0.3) is 0 Å². The van der Waals surface area contributed by atoms with Crippen molar-refractivity contribution in [2.75, 3.05) is 0 Å². The number of fused-ring (bicyclic) bond motifs is 1. The number of nitrogens with two attached hydrogens (primary N) is 1. The summed E-state index contributed by atoms with van der Waals surface area (Å²) >= 11 is 6.06. The van der Waals surface area contributed by atoms with Crippen LogP contribution in [0.15, 0.2) is 18.2 Å². The normalized spacial score (nSPS) is 13.3. The van der Waals surface area contributed by atoms with Gasteiger partial charge in [0, 0.05) is 18.2 Å². The minimum Gasteiger partial charge on any atom is -0.328 e. The number of aryl methyl sites for hydroxylation is 1. The first-order chi connectivity index (χ1) is 7.09. The van der Waals surface area contributed by atoms with Gasteiger partial charge < -0.3 is 5.73 Å². The highest BCUT2D eigenvalue weighted by Crippen LogP contribution is 2.20. The summed E-state index contributed by atoms with van der Waals surface area (Å²) in [7, 11) is 0. The molecule has 0 saturated carbocycles. The maximum absolute atomic E-state index is 6.06. The lowest BCUT2D eigenvalue weighted by atomic mass is 10.2. The molecule has 0 saturated heterocycles. The second kappa shape index (κ2) is 3.83. The van der Waals surface area contributed by atoms with Crippen molar-refractivity contribution < 1.29 is 0 Å². The Labute approximate surface area is 93.9 Å². The maximum atomic E-state index is 6.06. The first-order valence-corrected chi connectivity index (χ1v) is 5.35. The second-order valence-electron chi connectivity index (χ2n) is 3.89. The number of aromatic nitrogens is 2. The molecule has 0 aliphatic carbocycles. The Bertz CT molecular complexity index is 488. The van der Waals surface area contributed by atoms with Crippen LogP contribution in [-0.2, 0) is 6.42 Å². The summed E-state index contributed by atoms with van der Waals surface area (Å²) in [5, 5.41) is 0.550. The van der Waals surface area contributed by atoms with Gasteiger partial charge in [-0.15, -0.1) is 0 Å². The largest absolute Gasteiger partial charge is 0.328 e. The number of pyridine rings is 1. The van der Waals surface area contributed by atoms with Crippen LogP contribution in [0, 0.1) is 6.92 Å². The van der Waals surface area contributed by atoms with E-state index in [9.17, 15) is 0 Å². The molecule has 0 spiro atoms. The van der Waals surface area contributed by atoms with Crippen molar-refractivity contribution in [1.29, 1.82) is 0 Å². The fraction of sp³-hybridized carbons (Fsp3) is 0.364. The Hall–Kier alpha value is -1.06. The van der Waals surface area contributed by atoms with E-state index in [1.165, 1.54) is 0 Å². The van der Waals surface area contributed by atoms with E-state index in [1.54, 1.807) is 0 Å². The summed E-state index contributed by atoms with van der Waals surface area (Å²) in [6.45, 7) is 4.00. The molecule has 0 fully saturated rings. The Morgan fingerprint density at radius 1 is 1.53 bits per heavy atom. The Morgan fingerprint density at radius 2 is 2.27 bits per heavy atom. The summed E-state index contributed by atoms with van der Waals surface area (Å²) < 4.78 is 2.06. The van der Waals surface area contributed by atoms with Crippen LogP contribution in [0.3, 0.4) is 0 Å². The zero-order valence-electron chi connectivity index (χ0n) is 8.87. The van der Waals surface area contributed by atoms with E-state index in [4.69, 9.17) is 17.3 Å². The molecular formula is C11H14ClN3. The van der Waals surface area contributed by atoms with Crippen LogP contribution in [-0.4, -0.2) is 15.4 Å². The monoisotopic (exact) mass is 223 g/mol. The van der Waals surface area contributed by atoms with Crippen molar-refractivity contribution in [2.45, 2.75) is 26.3 Å². The SMILES string of the molecule is Cc1cccc2c(Cl)nc(CC(C)N)n12. The highest BCUT2D eigenvalue weighted by atomic mass is 35.5. The van der Waals surface area contributed by atoms with Crippen molar-refractivity contribution >= 4 is 17.1 Å². The second-order valence-corrected chi connectivity index (χ2v) is 4.25.